The third-order valence-electron chi connectivity index (χ3n) is 5.26. The van der Waals surface area contributed by atoms with E-state index in [1.807, 2.05) is 0 Å². The van der Waals surface area contributed by atoms with Crippen LogP contribution in [-0.2, 0) is 23.9 Å². The fraction of sp³-hybridized carbons (Fsp3) is 0.429. The average molecular weight is 484 g/mol. The van der Waals surface area contributed by atoms with Gasteiger partial charge in [0.05, 0.1) is 18.2 Å². The number of aromatic nitrogens is 4. The number of carbonyl (C=O) groups excluding carboxylic acids is 1. The van der Waals surface area contributed by atoms with Crippen molar-refractivity contribution in [3.63, 3.8) is 0 Å². The van der Waals surface area contributed by atoms with Crippen molar-refractivity contribution in [2.75, 3.05) is 13.2 Å². The standard InChI is InChI=1S/C21H21ClF3N5O3/c1-11-14(12(2)30-20(27-11)28-19(29-30)21(23,24)25)4-5-17(31)26-10-13-8-15(22)18-16(9-13)32-6-3-7-33-18/h8-9H,3-7,10H2,1-2H3,(H,26,31). The van der Waals surface area contributed by atoms with Crippen molar-refractivity contribution in [1.29, 1.82) is 0 Å². The molecular weight excluding hydrogens is 463 g/mol. The van der Waals surface area contributed by atoms with Gasteiger partial charge < -0.3 is 14.8 Å². The van der Waals surface area contributed by atoms with Gasteiger partial charge in [0, 0.05) is 30.8 Å². The Kier molecular flexibility index (Phi) is 6.33. The molecule has 176 valence electrons. The lowest BCUT2D eigenvalue weighted by Gasteiger charge is -2.13. The molecule has 2 aromatic heterocycles. The molecule has 3 aromatic rings. The molecule has 1 amide bonds. The van der Waals surface area contributed by atoms with Crippen molar-refractivity contribution in [3.05, 3.63) is 45.5 Å². The number of nitrogens with zero attached hydrogens (tertiary/aromatic N) is 4. The van der Waals surface area contributed by atoms with Crippen molar-refractivity contribution < 1.29 is 27.4 Å². The smallest absolute Gasteiger partial charge is 0.453 e. The van der Waals surface area contributed by atoms with Gasteiger partial charge in [0.1, 0.15) is 0 Å². The predicted octanol–water partition coefficient (Wildman–Crippen LogP) is 3.82. The second-order valence-corrected chi connectivity index (χ2v) is 8.05. The Bertz CT molecular complexity index is 1210. The Labute approximate surface area is 192 Å². The van der Waals surface area contributed by atoms with Crippen LogP contribution in [0.1, 0.15) is 41.2 Å². The van der Waals surface area contributed by atoms with Gasteiger partial charge in [0.15, 0.2) is 11.5 Å². The summed E-state index contributed by atoms with van der Waals surface area (Å²) < 4.78 is 51.1. The maximum Gasteiger partial charge on any atom is 0.453 e. The SMILES string of the molecule is Cc1nc2nc(C(F)(F)F)nn2c(C)c1CCC(=O)NCc1cc(Cl)c2c(c1)OCCCO2. The van der Waals surface area contributed by atoms with Crippen molar-refractivity contribution in [3.8, 4) is 11.5 Å². The van der Waals surface area contributed by atoms with Gasteiger partial charge in [0.2, 0.25) is 5.91 Å². The van der Waals surface area contributed by atoms with Crippen molar-refractivity contribution in [2.24, 2.45) is 0 Å². The van der Waals surface area contributed by atoms with Crippen LogP contribution in [0.25, 0.3) is 5.78 Å². The molecular formula is C21H21ClF3N5O3. The fourth-order valence-corrected chi connectivity index (χ4v) is 3.89. The maximum absolute atomic E-state index is 12.9. The number of aryl methyl sites for hydroxylation is 2. The molecule has 0 saturated carbocycles. The highest BCUT2D eigenvalue weighted by Gasteiger charge is 2.37. The number of benzene rings is 1. The first-order chi connectivity index (χ1) is 15.6. The summed E-state index contributed by atoms with van der Waals surface area (Å²) in [5.41, 5.74) is 2.37. The Morgan fingerprint density at radius 2 is 1.97 bits per heavy atom. The molecule has 8 nitrogen and oxygen atoms in total. The van der Waals surface area contributed by atoms with E-state index in [4.69, 9.17) is 21.1 Å². The van der Waals surface area contributed by atoms with Crippen LogP contribution in [0, 0.1) is 13.8 Å². The van der Waals surface area contributed by atoms with E-state index in [0.29, 0.717) is 46.7 Å². The number of carbonyl (C=O) groups is 1. The third kappa shape index (κ3) is 4.97. The Balaban J connectivity index is 1.42. The summed E-state index contributed by atoms with van der Waals surface area (Å²) in [4.78, 5) is 20.0. The van der Waals surface area contributed by atoms with Gasteiger partial charge in [0.25, 0.3) is 11.6 Å². The molecule has 0 unspecified atom stereocenters. The van der Waals surface area contributed by atoms with Gasteiger partial charge in [-0.25, -0.2) is 9.50 Å². The fourth-order valence-electron chi connectivity index (χ4n) is 3.60. The topological polar surface area (TPSA) is 90.6 Å². The Morgan fingerprint density at radius 3 is 2.73 bits per heavy atom. The molecule has 0 fully saturated rings. The number of fused-ring (bicyclic) bond motifs is 2. The molecule has 0 spiro atoms. The molecule has 1 N–H and O–H groups in total. The second kappa shape index (κ2) is 9.05. The number of amides is 1. The van der Waals surface area contributed by atoms with E-state index in [1.165, 1.54) is 0 Å². The lowest BCUT2D eigenvalue weighted by atomic mass is 10.1. The van der Waals surface area contributed by atoms with Crippen molar-refractivity contribution >= 4 is 23.3 Å². The first kappa shape index (κ1) is 23.1. The van der Waals surface area contributed by atoms with Gasteiger partial charge in [-0.15, -0.1) is 5.10 Å². The highest BCUT2D eigenvalue weighted by molar-refractivity contribution is 6.32. The lowest BCUT2D eigenvalue weighted by molar-refractivity contribution is -0.144. The molecule has 3 heterocycles. The van der Waals surface area contributed by atoms with Crippen LogP contribution in [0.15, 0.2) is 12.1 Å². The highest BCUT2D eigenvalue weighted by Crippen LogP contribution is 2.38. The molecule has 1 aromatic carbocycles. The minimum Gasteiger partial charge on any atom is -0.489 e. The zero-order valence-corrected chi connectivity index (χ0v) is 18.7. The molecule has 1 aliphatic rings. The molecule has 12 heteroatoms. The van der Waals surface area contributed by atoms with E-state index < -0.39 is 12.0 Å². The normalized spacial score (nSPS) is 13.8. The number of alkyl halides is 3. The Morgan fingerprint density at radius 1 is 1.21 bits per heavy atom. The zero-order chi connectivity index (χ0) is 23.8. The Hall–Kier alpha value is -3.08. The first-order valence-corrected chi connectivity index (χ1v) is 10.7. The molecule has 0 bridgehead atoms. The molecule has 0 radical (unpaired) electrons. The van der Waals surface area contributed by atoms with E-state index in [1.54, 1.807) is 26.0 Å². The quantitative estimate of drug-likeness (QED) is 0.593. The number of halogens is 4. The zero-order valence-electron chi connectivity index (χ0n) is 17.9. The van der Waals surface area contributed by atoms with E-state index >= 15 is 0 Å². The second-order valence-electron chi connectivity index (χ2n) is 7.64. The van der Waals surface area contributed by atoms with Crippen LogP contribution in [0.2, 0.25) is 5.02 Å². The minimum absolute atomic E-state index is 0.119. The summed E-state index contributed by atoms with van der Waals surface area (Å²) >= 11 is 6.28. The van der Waals surface area contributed by atoms with Gasteiger partial charge in [-0.1, -0.05) is 11.6 Å². The maximum atomic E-state index is 12.9. The number of rotatable bonds is 5. The lowest BCUT2D eigenvalue weighted by Crippen LogP contribution is -2.23. The molecule has 1 aliphatic heterocycles. The van der Waals surface area contributed by atoms with E-state index in [0.717, 1.165) is 16.5 Å². The van der Waals surface area contributed by atoms with E-state index in [9.17, 15) is 18.0 Å². The van der Waals surface area contributed by atoms with E-state index in [-0.39, 0.29) is 31.1 Å². The summed E-state index contributed by atoms with van der Waals surface area (Å²) in [6.45, 7) is 4.58. The highest BCUT2D eigenvalue weighted by atomic mass is 35.5. The van der Waals surface area contributed by atoms with Crippen LogP contribution in [-0.4, -0.2) is 38.7 Å². The molecule has 0 aliphatic carbocycles. The van der Waals surface area contributed by atoms with Gasteiger partial charge in [-0.05, 0) is 43.5 Å². The monoisotopic (exact) mass is 483 g/mol. The molecule has 33 heavy (non-hydrogen) atoms. The number of hydrogen-bond donors (Lipinski definition) is 1. The van der Waals surface area contributed by atoms with Crippen LogP contribution in [0.5, 0.6) is 11.5 Å². The number of nitrogens with one attached hydrogen (secondary N) is 1. The number of ether oxygens (including phenoxy) is 2. The summed E-state index contributed by atoms with van der Waals surface area (Å²) in [5.74, 6) is -0.564. The van der Waals surface area contributed by atoms with Crippen molar-refractivity contribution in [1.82, 2.24) is 24.9 Å². The first-order valence-electron chi connectivity index (χ1n) is 10.3. The molecule has 0 atom stereocenters. The summed E-state index contributed by atoms with van der Waals surface area (Å²) in [6.07, 6.45) is -3.50. The number of hydrogen-bond acceptors (Lipinski definition) is 6. The van der Waals surface area contributed by atoms with Crippen LogP contribution in [0.3, 0.4) is 0 Å². The van der Waals surface area contributed by atoms with Crippen LogP contribution in [0.4, 0.5) is 13.2 Å². The summed E-state index contributed by atoms with van der Waals surface area (Å²) in [7, 11) is 0. The van der Waals surface area contributed by atoms with E-state index in [2.05, 4.69) is 20.4 Å². The van der Waals surface area contributed by atoms with Crippen LogP contribution >= 0.6 is 11.6 Å². The van der Waals surface area contributed by atoms with Gasteiger partial charge >= 0.3 is 6.18 Å². The predicted molar refractivity (Wildman–Crippen MR) is 112 cm³/mol. The van der Waals surface area contributed by atoms with Gasteiger partial charge in [-0.3, -0.25) is 4.79 Å². The molecule has 0 saturated heterocycles. The third-order valence-corrected chi connectivity index (χ3v) is 5.54. The average Bonchev–Trinajstić information content (AvgIpc) is 3.03. The largest absolute Gasteiger partial charge is 0.489 e. The minimum atomic E-state index is -4.66. The van der Waals surface area contributed by atoms with Gasteiger partial charge in [-0.2, -0.15) is 18.2 Å². The summed E-state index contributed by atoms with van der Waals surface area (Å²) in [5, 5.41) is 6.75. The molecule has 4 rings (SSSR count). The van der Waals surface area contributed by atoms with Crippen molar-refractivity contribution in [2.45, 2.75) is 45.8 Å². The summed E-state index contributed by atoms with van der Waals surface area (Å²) in [6, 6.07) is 3.49. The van der Waals surface area contributed by atoms with Crippen LogP contribution < -0.4 is 14.8 Å².